The molecule has 0 aliphatic rings. The van der Waals surface area contributed by atoms with Gasteiger partial charge in [-0.3, -0.25) is 0 Å². The summed E-state index contributed by atoms with van der Waals surface area (Å²) in [6.07, 6.45) is 11.8. The van der Waals surface area contributed by atoms with Crippen molar-refractivity contribution in [2.75, 3.05) is 0 Å². The average molecular weight is 297 g/mol. The van der Waals surface area contributed by atoms with Gasteiger partial charge in [-0.1, -0.05) is 88.1 Å². The number of hydrogen-bond donors (Lipinski definition) is 1. The molecular weight excluding hydrogens is 268 g/mol. The first-order valence-corrected chi connectivity index (χ1v) is 8.53. The average Bonchev–Trinajstić information content (AvgIpc) is 2.44. The highest BCUT2D eigenvalue weighted by molar-refractivity contribution is 6.31. The Morgan fingerprint density at radius 2 is 1.55 bits per heavy atom. The Morgan fingerprint density at radius 1 is 0.950 bits per heavy atom. The Balaban J connectivity index is 2.03. The van der Waals surface area contributed by atoms with E-state index in [1.165, 1.54) is 44.9 Å². The van der Waals surface area contributed by atoms with Crippen molar-refractivity contribution in [1.82, 2.24) is 0 Å². The molecule has 114 valence electrons. The fourth-order valence-corrected chi connectivity index (χ4v) is 2.75. The highest BCUT2D eigenvalue weighted by Crippen LogP contribution is 2.18. The van der Waals surface area contributed by atoms with E-state index in [4.69, 9.17) is 11.6 Å². The number of halogens is 1. The van der Waals surface area contributed by atoms with Crippen LogP contribution in [0.15, 0.2) is 24.3 Å². The van der Waals surface area contributed by atoms with Gasteiger partial charge >= 0.3 is 0 Å². The molecule has 0 spiro atoms. The number of unbranched alkanes of at least 4 members (excludes halogenated alkanes) is 7. The predicted molar refractivity (Wildman–Crippen MR) is 88.4 cm³/mol. The van der Waals surface area contributed by atoms with Crippen LogP contribution in [0.2, 0.25) is 5.02 Å². The van der Waals surface area contributed by atoms with Crippen molar-refractivity contribution in [3.05, 3.63) is 34.9 Å². The van der Waals surface area contributed by atoms with Crippen molar-refractivity contribution in [2.24, 2.45) is 0 Å². The van der Waals surface area contributed by atoms with Crippen LogP contribution in [-0.2, 0) is 6.42 Å². The summed E-state index contributed by atoms with van der Waals surface area (Å²) in [7, 11) is 0. The van der Waals surface area contributed by atoms with Crippen LogP contribution >= 0.6 is 11.6 Å². The summed E-state index contributed by atoms with van der Waals surface area (Å²) >= 11 is 6.10. The van der Waals surface area contributed by atoms with Crippen LogP contribution < -0.4 is 0 Å². The summed E-state index contributed by atoms with van der Waals surface area (Å²) in [5.74, 6) is 0. The molecule has 0 aromatic heterocycles. The lowest BCUT2D eigenvalue weighted by Gasteiger charge is -2.11. The third kappa shape index (κ3) is 7.91. The van der Waals surface area contributed by atoms with E-state index in [1.54, 1.807) is 0 Å². The molecule has 1 rings (SSSR count). The SMILES string of the molecule is CCCCCCCCCCC(O)Cc1ccccc1Cl. The molecule has 0 aliphatic heterocycles. The first-order valence-electron chi connectivity index (χ1n) is 8.15. The molecule has 0 radical (unpaired) electrons. The van der Waals surface area contributed by atoms with Gasteiger partial charge in [-0.2, -0.15) is 0 Å². The molecule has 0 fully saturated rings. The van der Waals surface area contributed by atoms with E-state index in [1.807, 2.05) is 24.3 Å². The third-order valence-corrected chi connectivity index (χ3v) is 4.17. The lowest BCUT2D eigenvalue weighted by molar-refractivity contribution is 0.161. The maximum atomic E-state index is 10.0. The molecule has 1 unspecified atom stereocenters. The largest absolute Gasteiger partial charge is 0.393 e. The van der Waals surface area contributed by atoms with Crippen molar-refractivity contribution < 1.29 is 5.11 Å². The fraction of sp³-hybridized carbons (Fsp3) is 0.667. The summed E-state index contributed by atoms with van der Waals surface area (Å²) in [6, 6.07) is 7.79. The highest BCUT2D eigenvalue weighted by atomic mass is 35.5. The van der Waals surface area contributed by atoms with Crippen LogP contribution in [-0.4, -0.2) is 11.2 Å². The monoisotopic (exact) mass is 296 g/mol. The quantitative estimate of drug-likeness (QED) is 0.514. The summed E-state index contributed by atoms with van der Waals surface area (Å²) < 4.78 is 0. The minimum atomic E-state index is -0.255. The van der Waals surface area contributed by atoms with Gasteiger partial charge in [-0.15, -0.1) is 0 Å². The molecule has 2 heteroatoms. The number of benzene rings is 1. The summed E-state index contributed by atoms with van der Waals surface area (Å²) in [5.41, 5.74) is 1.06. The number of aliphatic hydroxyl groups excluding tert-OH is 1. The van der Waals surface area contributed by atoms with Crippen molar-refractivity contribution in [2.45, 2.75) is 77.2 Å². The second-order valence-corrected chi connectivity index (χ2v) is 6.12. The summed E-state index contributed by atoms with van der Waals surface area (Å²) in [5, 5.41) is 10.8. The van der Waals surface area contributed by atoms with Crippen LogP contribution in [0.1, 0.15) is 70.3 Å². The van der Waals surface area contributed by atoms with Crippen LogP contribution in [0.4, 0.5) is 0 Å². The minimum Gasteiger partial charge on any atom is -0.393 e. The van der Waals surface area contributed by atoms with Gasteiger partial charge in [0, 0.05) is 5.02 Å². The standard InChI is InChI=1S/C18H29ClO/c1-2-3-4-5-6-7-8-9-13-17(20)15-16-12-10-11-14-18(16)19/h10-12,14,17,20H,2-9,13,15H2,1H3. The maximum absolute atomic E-state index is 10.0. The zero-order valence-electron chi connectivity index (χ0n) is 12.8. The molecule has 1 aromatic carbocycles. The van der Waals surface area contributed by atoms with Crippen molar-refractivity contribution in [3.63, 3.8) is 0 Å². The van der Waals surface area contributed by atoms with Crippen LogP contribution in [0.25, 0.3) is 0 Å². The van der Waals surface area contributed by atoms with Crippen LogP contribution in [0, 0.1) is 0 Å². The Morgan fingerprint density at radius 3 is 2.20 bits per heavy atom. The Labute approximate surface area is 129 Å². The molecule has 0 heterocycles. The molecule has 0 bridgehead atoms. The molecular formula is C18H29ClO. The predicted octanol–water partition coefficient (Wildman–Crippen LogP) is 5.77. The zero-order chi connectivity index (χ0) is 14.6. The van der Waals surface area contributed by atoms with E-state index < -0.39 is 0 Å². The zero-order valence-corrected chi connectivity index (χ0v) is 13.5. The molecule has 1 atom stereocenters. The van der Waals surface area contributed by atoms with Crippen molar-refractivity contribution >= 4 is 11.6 Å². The smallest absolute Gasteiger partial charge is 0.0581 e. The number of rotatable bonds is 11. The Kier molecular flexibility index (Phi) is 9.78. The maximum Gasteiger partial charge on any atom is 0.0581 e. The second-order valence-electron chi connectivity index (χ2n) is 5.71. The van der Waals surface area contributed by atoms with E-state index in [9.17, 15) is 5.11 Å². The van der Waals surface area contributed by atoms with Crippen LogP contribution in [0.5, 0.6) is 0 Å². The van der Waals surface area contributed by atoms with Gasteiger partial charge in [0.15, 0.2) is 0 Å². The van der Waals surface area contributed by atoms with Gasteiger partial charge in [0.25, 0.3) is 0 Å². The first-order chi connectivity index (χ1) is 9.74. The fourth-order valence-electron chi connectivity index (χ4n) is 2.53. The number of aliphatic hydroxyl groups is 1. The van der Waals surface area contributed by atoms with Crippen LogP contribution in [0.3, 0.4) is 0 Å². The molecule has 1 N–H and O–H groups in total. The van der Waals surface area contributed by atoms with Crippen molar-refractivity contribution in [3.8, 4) is 0 Å². The van der Waals surface area contributed by atoms with E-state index in [-0.39, 0.29) is 6.10 Å². The lowest BCUT2D eigenvalue weighted by atomic mass is 10.0. The summed E-state index contributed by atoms with van der Waals surface area (Å²) in [6.45, 7) is 2.25. The first kappa shape index (κ1) is 17.5. The molecule has 0 saturated heterocycles. The lowest BCUT2D eigenvalue weighted by Crippen LogP contribution is -2.10. The van der Waals surface area contributed by atoms with Gasteiger partial charge in [0.1, 0.15) is 0 Å². The highest BCUT2D eigenvalue weighted by Gasteiger charge is 2.07. The minimum absolute atomic E-state index is 0.255. The molecule has 1 nitrogen and oxygen atoms in total. The molecule has 0 amide bonds. The van der Waals surface area contributed by atoms with Gasteiger partial charge in [0.2, 0.25) is 0 Å². The normalized spacial score (nSPS) is 12.6. The third-order valence-electron chi connectivity index (χ3n) is 3.80. The van der Waals surface area contributed by atoms with E-state index in [2.05, 4.69) is 6.92 Å². The second kappa shape index (κ2) is 11.2. The Hall–Kier alpha value is -0.530. The van der Waals surface area contributed by atoms with Gasteiger partial charge < -0.3 is 5.11 Å². The molecule has 1 aromatic rings. The van der Waals surface area contributed by atoms with Gasteiger partial charge in [0.05, 0.1) is 6.10 Å². The topological polar surface area (TPSA) is 20.2 Å². The van der Waals surface area contributed by atoms with Gasteiger partial charge in [-0.25, -0.2) is 0 Å². The van der Waals surface area contributed by atoms with E-state index >= 15 is 0 Å². The Bertz CT molecular complexity index is 351. The van der Waals surface area contributed by atoms with Crippen molar-refractivity contribution in [1.29, 1.82) is 0 Å². The van der Waals surface area contributed by atoms with E-state index in [0.717, 1.165) is 23.4 Å². The molecule has 20 heavy (non-hydrogen) atoms. The molecule has 0 saturated carbocycles. The van der Waals surface area contributed by atoms with Gasteiger partial charge in [-0.05, 0) is 24.5 Å². The van der Waals surface area contributed by atoms with E-state index in [0.29, 0.717) is 6.42 Å². The summed E-state index contributed by atoms with van der Waals surface area (Å²) in [4.78, 5) is 0. The molecule has 0 aliphatic carbocycles. The number of hydrogen-bond acceptors (Lipinski definition) is 1.